The molecular weight excluding hydrogens is 154 g/mol. The Balaban J connectivity index is 2.00. The van der Waals surface area contributed by atoms with Crippen LogP contribution in [-0.2, 0) is 9.47 Å². The largest absolute Gasteiger partial charge is 0.347 e. The smallest absolute Gasteiger partial charge is 0.171 e. The zero-order valence-corrected chi connectivity index (χ0v) is 7.58. The maximum atomic E-state index is 5.82. The predicted molar refractivity (Wildman–Crippen MR) is 45.6 cm³/mol. The normalized spacial score (nSPS) is 42.0. The Morgan fingerprint density at radius 1 is 1.50 bits per heavy atom. The van der Waals surface area contributed by atoms with Gasteiger partial charge >= 0.3 is 0 Å². The summed E-state index contributed by atoms with van der Waals surface area (Å²) in [5, 5.41) is 0. The van der Waals surface area contributed by atoms with E-state index in [0.29, 0.717) is 19.1 Å². The fraction of sp³-hybridized carbons (Fsp3) is 1.00. The molecule has 70 valence electrons. The molecule has 3 nitrogen and oxygen atoms in total. The van der Waals surface area contributed by atoms with Crippen LogP contribution in [0.25, 0.3) is 0 Å². The summed E-state index contributed by atoms with van der Waals surface area (Å²) in [4.78, 5) is 0. The second kappa shape index (κ2) is 2.98. The van der Waals surface area contributed by atoms with E-state index >= 15 is 0 Å². The van der Waals surface area contributed by atoms with E-state index < -0.39 is 0 Å². The highest BCUT2D eigenvalue weighted by atomic mass is 16.7. The molecule has 1 saturated carbocycles. The Morgan fingerprint density at radius 2 is 2.25 bits per heavy atom. The minimum atomic E-state index is -0.260. The van der Waals surface area contributed by atoms with Gasteiger partial charge in [0.1, 0.15) is 0 Å². The predicted octanol–water partition coefficient (Wildman–Crippen LogP) is 0.877. The van der Waals surface area contributed by atoms with Gasteiger partial charge in [0.2, 0.25) is 0 Å². The second-order valence-corrected chi connectivity index (χ2v) is 3.73. The Labute approximate surface area is 73.2 Å². The zero-order chi connectivity index (χ0) is 8.60. The molecule has 0 aromatic carbocycles. The molecule has 0 amide bonds. The molecule has 1 aliphatic carbocycles. The van der Waals surface area contributed by atoms with Crippen molar-refractivity contribution in [1.82, 2.24) is 0 Å². The van der Waals surface area contributed by atoms with Gasteiger partial charge in [0.15, 0.2) is 5.79 Å². The zero-order valence-electron chi connectivity index (χ0n) is 7.58. The van der Waals surface area contributed by atoms with Gasteiger partial charge in [0, 0.05) is 12.5 Å². The molecule has 2 unspecified atom stereocenters. The molecule has 12 heavy (non-hydrogen) atoms. The summed E-state index contributed by atoms with van der Waals surface area (Å²) in [6.45, 7) is 3.38. The fourth-order valence-corrected chi connectivity index (χ4v) is 1.91. The summed E-state index contributed by atoms with van der Waals surface area (Å²) < 4.78 is 11.5. The van der Waals surface area contributed by atoms with Gasteiger partial charge in [-0.05, 0) is 19.3 Å². The van der Waals surface area contributed by atoms with Crippen molar-refractivity contribution in [3.63, 3.8) is 0 Å². The third-order valence-corrected chi connectivity index (χ3v) is 2.83. The summed E-state index contributed by atoms with van der Waals surface area (Å²) in [7, 11) is 0. The topological polar surface area (TPSA) is 44.5 Å². The van der Waals surface area contributed by atoms with Crippen LogP contribution in [0.3, 0.4) is 0 Å². The van der Waals surface area contributed by atoms with Crippen LogP contribution in [0.2, 0.25) is 0 Å². The number of rotatable bonds is 3. The van der Waals surface area contributed by atoms with Crippen molar-refractivity contribution in [3.8, 4) is 0 Å². The average molecular weight is 171 g/mol. The SMILES string of the molecule is CCC1(C2CC2)OCC(CN)O1. The van der Waals surface area contributed by atoms with Gasteiger partial charge in [-0.25, -0.2) is 0 Å². The maximum absolute atomic E-state index is 5.82. The Kier molecular flexibility index (Phi) is 2.10. The lowest BCUT2D eigenvalue weighted by Crippen LogP contribution is -2.34. The van der Waals surface area contributed by atoms with Gasteiger partial charge in [0.25, 0.3) is 0 Å². The van der Waals surface area contributed by atoms with Crippen molar-refractivity contribution in [2.75, 3.05) is 13.2 Å². The van der Waals surface area contributed by atoms with E-state index in [0.717, 1.165) is 6.42 Å². The molecule has 1 saturated heterocycles. The molecule has 1 heterocycles. The van der Waals surface area contributed by atoms with Crippen LogP contribution in [-0.4, -0.2) is 25.0 Å². The highest BCUT2D eigenvalue weighted by molar-refractivity contribution is 4.92. The summed E-state index contributed by atoms with van der Waals surface area (Å²) in [6.07, 6.45) is 3.59. The van der Waals surface area contributed by atoms with Crippen molar-refractivity contribution in [3.05, 3.63) is 0 Å². The van der Waals surface area contributed by atoms with Gasteiger partial charge in [0.05, 0.1) is 12.7 Å². The molecule has 2 aliphatic rings. The van der Waals surface area contributed by atoms with E-state index in [1.165, 1.54) is 12.8 Å². The van der Waals surface area contributed by atoms with Crippen LogP contribution in [0.15, 0.2) is 0 Å². The highest BCUT2D eigenvalue weighted by Gasteiger charge is 2.50. The molecule has 2 atom stereocenters. The lowest BCUT2D eigenvalue weighted by Gasteiger charge is -2.26. The van der Waals surface area contributed by atoms with Crippen LogP contribution in [0.4, 0.5) is 0 Å². The summed E-state index contributed by atoms with van der Waals surface area (Å²) in [5.41, 5.74) is 5.53. The molecule has 2 N–H and O–H groups in total. The Hall–Kier alpha value is -0.120. The van der Waals surface area contributed by atoms with Crippen LogP contribution in [0.5, 0.6) is 0 Å². The van der Waals surface area contributed by atoms with E-state index in [1.54, 1.807) is 0 Å². The van der Waals surface area contributed by atoms with Crippen LogP contribution in [0, 0.1) is 5.92 Å². The van der Waals surface area contributed by atoms with Gasteiger partial charge in [-0.1, -0.05) is 6.92 Å². The van der Waals surface area contributed by atoms with Crippen LogP contribution < -0.4 is 5.73 Å². The average Bonchev–Trinajstić information content (AvgIpc) is 2.87. The van der Waals surface area contributed by atoms with Crippen LogP contribution in [0.1, 0.15) is 26.2 Å². The summed E-state index contributed by atoms with van der Waals surface area (Å²) >= 11 is 0. The third kappa shape index (κ3) is 1.26. The van der Waals surface area contributed by atoms with Crippen molar-refractivity contribution >= 4 is 0 Å². The van der Waals surface area contributed by atoms with Crippen molar-refractivity contribution in [2.24, 2.45) is 11.7 Å². The molecule has 3 heteroatoms. The number of ether oxygens (including phenoxy) is 2. The van der Waals surface area contributed by atoms with E-state index in [1.807, 2.05) is 0 Å². The van der Waals surface area contributed by atoms with Gasteiger partial charge in [-0.2, -0.15) is 0 Å². The quantitative estimate of drug-likeness (QED) is 0.685. The van der Waals surface area contributed by atoms with E-state index in [-0.39, 0.29) is 11.9 Å². The number of hydrogen-bond acceptors (Lipinski definition) is 3. The third-order valence-electron chi connectivity index (χ3n) is 2.83. The van der Waals surface area contributed by atoms with Gasteiger partial charge in [-0.15, -0.1) is 0 Å². The second-order valence-electron chi connectivity index (χ2n) is 3.73. The lowest BCUT2D eigenvalue weighted by atomic mass is 10.1. The highest BCUT2D eigenvalue weighted by Crippen LogP contribution is 2.47. The maximum Gasteiger partial charge on any atom is 0.171 e. The van der Waals surface area contributed by atoms with Crippen molar-refractivity contribution in [2.45, 2.75) is 38.1 Å². The fourth-order valence-electron chi connectivity index (χ4n) is 1.91. The lowest BCUT2D eigenvalue weighted by molar-refractivity contribution is -0.184. The molecular formula is C9H17NO2. The molecule has 0 radical (unpaired) electrons. The van der Waals surface area contributed by atoms with Crippen molar-refractivity contribution in [1.29, 1.82) is 0 Å². The first-order chi connectivity index (χ1) is 5.80. The number of nitrogens with two attached hydrogens (primary N) is 1. The molecule has 0 aromatic heterocycles. The van der Waals surface area contributed by atoms with Crippen molar-refractivity contribution < 1.29 is 9.47 Å². The number of hydrogen-bond donors (Lipinski definition) is 1. The monoisotopic (exact) mass is 171 g/mol. The van der Waals surface area contributed by atoms with E-state index in [4.69, 9.17) is 15.2 Å². The standard InChI is InChI=1S/C9H17NO2/c1-2-9(7-3-4-7)11-6-8(5-10)12-9/h7-8H,2-6,10H2,1H3. The summed E-state index contributed by atoms with van der Waals surface area (Å²) in [6, 6.07) is 0. The molecule has 0 bridgehead atoms. The first kappa shape index (κ1) is 8.48. The molecule has 0 aromatic rings. The minimum absolute atomic E-state index is 0.130. The Morgan fingerprint density at radius 3 is 2.67 bits per heavy atom. The first-order valence-electron chi connectivity index (χ1n) is 4.82. The summed E-state index contributed by atoms with van der Waals surface area (Å²) in [5.74, 6) is 0.378. The van der Waals surface area contributed by atoms with E-state index in [2.05, 4.69) is 6.92 Å². The molecule has 2 rings (SSSR count). The van der Waals surface area contributed by atoms with Gasteiger partial charge < -0.3 is 15.2 Å². The first-order valence-corrected chi connectivity index (χ1v) is 4.82. The molecule has 0 spiro atoms. The molecule has 2 fully saturated rings. The Bertz CT molecular complexity index is 170. The minimum Gasteiger partial charge on any atom is -0.347 e. The molecule has 1 aliphatic heterocycles. The van der Waals surface area contributed by atoms with Gasteiger partial charge in [-0.3, -0.25) is 0 Å². The van der Waals surface area contributed by atoms with Crippen LogP contribution >= 0.6 is 0 Å². The van der Waals surface area contributed by atoms with E-state index in [9.17, 15) is 0 Å².